The summed E-state index contributed by atoms with van der Waals surface area (Å²) in [6, 6.07) is 3.62. The Kier molecular flexibility index (Phi) is 5.03. The third kappa shape index (κ3) is 3.95. The van der Waals surface area contributed by atoms with E-state index in [1.165, 1.54) is 4.31 Å². The smallest absolute Gasteiger partial charge is 0.214 e. The summed E-state index contributed by atoms with van der Waals surface area (Å²) in [5.41, 5.74) is 6.46. The minimum atomic E-state index is -3.33. The summed E-state index contributed by atoms with van der Waals surface area (Å²) >= 11 is 4.86. The molecule has 0 amide bonds. The van der Waals surface area contributed by atoms with Gasteiger partial charge in [0.15, 0.2) is 0 Å². The first-order chi connectivity index (χ1) is 9.49. The fourth-order valence-electron chi connectivity index (χ4n) is 1.98. The first kappa shape index (κ1) is 15.3. The molecule has 0 bridgehead atoms. The third-order valence-electron chi connectivity index (χ3n) is 3.14. The molecule has 0 radical (unpaired) electrons. The van der Waals surface area contributed by atoms with Gasteiger partial charge in [-0.3, -0.25) is 4.98 Å². The van der Waals surface area contributed by atoms with E-state index in [9.17, 15) is 8.42 Å². The van der Waals surface area contributed by atoms with Crippen LogP contribution >= 0.6 is 12.2 Å². The van der Waals surface area contributed by atoms with Gasteiger partial charge >= 0.3 is 0 Å². The van der Waals surface area contributed by atoms with Gasteiger partial charge in [-0.1, -0.05) is 12.2 Å². The van der Waals surface area contributed by atoms with E-state index in [0.29, 0.717) is 19.6 Å². The Morgan fingerprint density at radius 1 is 1.50 bits per heavy atom. The van der Waals surface area contributed by atoms with Crippen molar-refractivity contribution in [2.24, 2.45) is 5.73 Å². The van der Waals surface area contributed by atoms with E-state index in [1.54, 1.807) is 12.4 Å². The number of aryl methyl sites for hydroxylation is 1. The molecule has 1 aromatic rings. The van der Waals surface area contributed by atoms with Crippen molar-refractivity contribution in [1.82, 2.24) is 9.29 Å². The highest BCUT2D eigenvalue weighted by atomic mass is 32.2. The van der Waals surface area contributed by atoms with Crippen molar-refractivity contribution < 1.29 is 13.2 Å². The average molecular weight is 315 g/mol. The van der Waals surface area contributed by atoms with Gasteiger partial charge in [-0.15, -0.1) is 0 Å². The first-order valence-corrected chi connectivity index (χ1v) is 8.28. The van der Waals surface area contributed by atoms with Crippen molar-refractivity contribution >= 4 is 27.2 Å². The molecule has 0 aromatic carbocycles. The molecule has 6 nitrogen and oxygen atoms in total. The SMILES string of the molecule is NC(=S)C1CN(S(=O)(=O)CCc2ccncc2)CCO1. The van der Waals surface area contributed by atoms with E-state index in [0.717, 1.165) is 5.56 Å². The number of hydrogen-bond acceptors (Lipinski definition) is 5. The molecule has 1 aromatic heterocycles. The van der Waals surface area contributed by atoms with Crippen LogP contribution in [0.4, 0.5) is 0 Å². The zero-order chi connectivity index (χ0) is 14.6. The molecular weight excluding hydrogens is 298 g/mol. The lowest BCUT2D eigenvalue weighted by atomic mass is 10.2. The normalized spacial score (nSPS) is 20.7. The zero-order valence-corrected chi connectivity index (χ0v) is 12.6. The summed E-state index contributed by atoms with van der Waals surface area (Å²) < 4.78 is 31.3. The van der Waals surface area contributed by atoms with E-state index in [1.807, 2.05) is 12.1 Å². The quantitative estimate of drug-likeness (QED) is 0.766. The lowest BCUT2D eigenvalue weighted by molar-refractivity contribution is 0.0386. The van der Waals surface area contributed by atoms with Crippen LogP contribution in [0.3, 0.4) is 0 Å². The molecule has 0 saturated carbocycles. The highest BCUT2D eigenvalue weighted by molar-refractivity contribution is 7.89. The second-order valence-electron chi connectivity index (χ2n) is 4.54. The number of morpholine rings is 1. The maximum absolute atomic E-state index is 12.3. The topological polar surface area (TPSA) is 85.5 Å². The number of pyridine rings is 1. The number of sulfonamides is 1. The lowest BCUT2D eigenvalue weighted by Gasteiger charge is -2.31. The Bertz CT molecular complexity index is 563. The number of ether oxygens (including phenoxy) is 1. The van der Waals surface area contributed by atoms with Crippen molar-refractivity contribution in [2.75, 3.05) is 25.4 Å². The van der Waals surface area contributed by atoms with Crippen LogP contribution < -0.4 is 5.73 Å². The number of hydrogen-bond donors (Lipinski definition) is 1. The molecule has 2 heterocycles. The largest absolute Gasteiger partial charge is 0.391 e. The predicted octanol–water partition coefficient (Wildman–Crippen LogP) is -0.0592. The molecule has 110 valence electrons. The van der Waals surface area contributed by atoms with Crippen LogP contribution in [-0.2, 0) is 21.2 Å². The van der Waals surface area contributed by atoms with E-state index in [2.05, 4.69) is 4.98 Å². The molecule has 1 fully saturated rings. The van der Waals surface area contributed by atoms with Gasteiger partial charge in [0.1, 0.15) is 11.1 Å². The summed E-state index contributed by atoms with van der Waals surface area (Å²) in [6.07, 6.45) is 3.27. The number of nitrogens with two attached hydrogens (primary N) is 1. The fraction of sp³-hybridized carbons (Fsp3) is 0.500. The molecule has 1 saturated heterocycles. The molecule has 20 heavy (non-hydrogen) atoms. The maximum atomic E-state index is 12.3. The zero-order valence-electron chi connectivity index (χ0n) is 10.9. The van der Waals surface area contributed by atoms with Crippen LogP contribution in [0.2, 0.25) is 0 Å². The molecule has 1 aliphatic rings. The lowest BCUT2D eigenvalue weighted by Crippen LogP contribution is -2.50. The molecule has 8 heteroatoms. The fourth-order valence-corrected chi connectivity index (χ4v) is 3.59. The molecule has 2 N–H and O–H groups in total. The van der Waals surface area contributed by atoms with Crippen molar-refractivity contribution in [3.63, 3.8) is 0 Å². The van der Waals surface area contributed by atoms with Gasteiger partial charge in [0.25, 0.3) is 0 Å². The molecule has 0 aliphatic carbocycles. The van der Waals surface area contributed by atoms with Crippen LogP contribution in [0.25, 0.3) is 0 Å². The standard InChI is InChI=1S/C12H17N3O3S2/c13-12(19)11-9-15(6-7-18-11)20(16,17)8-3-10-1-4-14-5-2-10/h1-2,4-5,11H,3,6-9H2,(H2,13,19). The molecule has 1 unspecified atom stereocenters. The van der Waals surface area contributed by atoms with Crippen LogP contribution in [-0.4, -0.2) is 54.2 Å². The van der Waals surface area contributed by atoms with Gasteiger partial charge in [-0.25, -0.2) is 8.42 Å². The van der Waals surface area contributed by atoms with Gasteiger partial charge in [0.05, 0.1) is 12.4 Å². The minimum absolute atomic E-state index is 0.0566. The van der Waals surface area contributed by atoms with E-state index < -0.39 is 16.1 Å². The summed E-state index contributed by atoms with van der Waals surface area (Å²) in [7, 11) is -3.33. The van der Waals surface area contributed by atoms with Gasteiger partial charge in [0.2, 0.25) is 10.0 Å². The number of rotatable bonds is 5. The summed E-state index contributed by atoms with van der Waals surface area (Å²) in [5, 5.41) is 0. The summed E-state index contributed by atoms with van der Waals surface area (Å²) in [5.74, 6) is 0.0566. The first-order valence-electron chi connectivity index (χ1n) is 6.27. The molecule has 0 spiro atoms. The van der Waals surface area contributed by atoms with Gasteiger partial charge in [-0.05, 0) is 24.1 Å². The molecule has 1 atom stereocenters. The van der Waals surface area contributed by atoms with Crippen LogP contribution in [0.1, 0.15) is 5.56 Å². The monoisotopic (exact) mass is 315 g/mol. The van der Waals surface area contributed by atoms with E-state index in [4.69, 9.17) is 22.7 Å². The van der Waals surface area contributed by atoms with Gasteiger partial charge < -0.3 is 10.5 Å². The number of nitrogens with zero attached hydrogens (tertiary/aromatic N) is 2. The Morgan fingerprint density at radius 2 is 2.20 bits per heavy atom. The summed E-state index contributed by atoms with van der Waals surface area (Å²) in [6.45, 7) is 0.863. The molecule has 1 aliphatic heterocycles. The van der Waals surface area contributed by atoms with Crippen LogP contribution in [0.15, 0.2) is 24.5 Å². The number of thiocarbonyl (C=S) groups is 1. The second-order valence-corrected chi connectivity index (χ2v) is 7.10. The van der Waals surface area contributed by atoms with Crippen molar-refractivity contribution in [3.05, 3.63) is 30.1 Å². The highest BCUT2D eigenvalue weighted by Crippen LogP contribution is 2.12. The van der Waals surface area contributed by atoms with Gasteiger partial charge in [0, 0.05) is 25.5 Å². The van der Waals surface area contributed by atoms with E-state index >= 15 is 0 Å². The Balaban J connectivity index is 1.97. The molecule has 2 rings (SSSR count). The predicted molar refractivity (Wildman–Crippen MR) is 79.8 cm³/mol. The minimum Gasteiger partial charge on any atom is -0.391 e. The average Bonchev–Trinajstić information content (AvgIpc) is 2.46. The maximum Gasteiger partial charge on any atom is 0.214 e. The summed E-state index contributed by atoms with van der Waals surface area (Å²) in [4.78, 5) is 4.10. The second kappa shape index (κ2) is 6.57. The van der Waals surface area contributed by atoms with Crippen molar-refractivity contribution in [1.29, 1.82) is 0 Å². The Morgan fingerprint density at radius 3 is 2.85 bits per heavy atom. The van der Waals surface area contributed by atoms with E-state index in [-0.39, 0.29) is 17.3 Å². The van der Waals surface area contributed by atoms with Crippen molar-refractivity contribution in [3.8, 4) is 0 Å². The van der Waals surface area contributed by atoms with Crippen molar-refractivity contribution in [2.45, 2.75) is 12.5 Å². The van der Waals surface area contributed by atoms with Gasteiger partial charge in [-0.2, -0.15) is 4.31 Å². The van der Waals surface area contributed by atoms with Crippen LogP contribution in [0, 0.1) is 0 Å². The Hall–Kier alpha value is -1.09. The highest BCUT2D eigenvalue weighted by Gasteiger charge is 2.30. The Labute approximate surface area is 124 Å². The van der Waals surface area contributed by atoms with Crippen LogP contribution in [0.5, 0.6) is 0 Å². The third-order valence-corrected chi connectivity index (χ3v) is 5.24. The molecular formula is C12H17N3O3S2. The number of aromatic nitrogens is 1.